The summed E-state index contributed by atoms with van der Waals surface area (Å²) in [4.78, 5) is 11.7. The molecule has 0 saturated carbocycles. The molecule has 0 aliphatic heterocycles. The quantitative estimate of drug-likeness (QED) is 0.0938. The predicted molar refractivity (Wildman–Crippen MR) is 126 cm³/mol. The van der Waals surface area contributed by atoms with Gasteiger partial charge in [0.2, 0.25) is 0 Å². The van der Waals surface area contributed by atoms with Gasteiger partial charge in [0.25, 0.3) is 5.97 Å². The molecule has 0 amide bonds. The number of Topliss-reactive ketones (excluding diaryl/α,β-unsaturated/α-hetero) is 1. The van der Waals surface area contributed by atoms with E-state index in [1.807, 2.05) is 0 Å². The minimum Gasteiger partial charge on any atom is -0.344 e. The number of hydrogen-bond acceptors (Lipinski definition) is 4. The highest BCUT2D eigenvalue weighted by atomic mass is 16.7. The van der Waals surface area contributed by atoms with E-state index >= 15 is 0 Å². The summed E-state index contributed by atoms with van der Waals surface area (Å²) >= 11 is 0. The van der Waals surface area contributed by atoms with Crippen LogP contribution in [0.1, 0.15) is 142 Å². The van der Waals surface area contributed by atoms with E-state index in [9.17, 15) is 4.79 Å². The van der Waals surface area contributed by atoms with Crippen LogP contribution in [0.2, 0.25) is 0 Å². The molecule has 0 spiro atoms. The highest BCUT2D eigenvalue weighted by Gasteiger charge is 2.17. The second kappa shape index (κ2) is 21.5. The summed E-state index contributed by atoms with van der Waals surface area (Å²) in [5.74, 6) is -2.48. The van der Waals surface area contributed by atoms with Crippen molar-refractivity contribution < 1.29 is 20.1 Å². The van der Waals surface area contributed by atoms with Gasteiger partial charge in [0, 0.05) is 19.3 Å². The Balaban J connectivity index is 3.21. The molecule has 3 N–H and O–H groups in total. The number of ketones is 1. The molecule has 0 aliphatic rings. The summed E-state index contributed by atoms with van der Waals surface area (Å²) in [6, 6.07) is 0. The first kappa shape index (κ1) is 29.3. The molecular formula is C26H50O4. The number of allylic oxidation sites excluding steroid dienone is 2. The van der Waals surface area contributed by atoms with Crippen LogP contribution in [0.25, 0.3) is 0 Å². The van der Waals surface area contributed by atoms with Crippen LogP contribution in [-0.2, 0) is 4.79 Å². The van der Waals surface area contributed by atoms with Gasteiger partial charge in [-0.15, -0.1) is 0 Å². The van der Waals surface area contributed by atoms with Gasteiger partial charge in [-0.1, -0.05) is 96.1 Å². The van der Waals surface area contributed by atoms with Crippen molar-refractivity contribution in [3.8, 4) is 0 Å². The van der Waals surface area contributed by atoms with E-state index in [2.05, 4.69) is 19.1 Å². The Hall–Kier alpha value is -0.710. The molecule has 0 saturated heterocycles. The van der Waals surface area contributed by atoms with Crippen LogP contribution < -0.4 is 0 Å². The molecule has 0 rings (SSSR count). The van der Waals surface area contributed by atoms with Gasteiger partial charge in [-0.3, -0.25) is 4.79 Å². The van der Waals surface area contributed by atoms with Gasteiger partial charge in [-0.2, -0.15) is 0 Å². The number of carbonyl (C=O) groups excluding carboxylic acids is 1. The minimum absolute atomic E-state index is 0.153. The Morgan fingerprint density at radius 1 is 0.600 bits per heavy atom. The fraction of sp³-hybridized carbons (Fsp3) is 0.885. The molecule has 0 aliphatic carbocycles. The third-order valence-corrected chi connectivity index (χ3v) is 5.69. The fourth-order valence-corrected chi connectivity index (χ4v) is 3.75. The van der Waals surface area contributed by atoms with Crippen molar-refractivity contribution in [2.24, 2.45) is 0 Å². The second-order valence-corrected chi connectivity index (χ2v) is 8.92. The zero-order valence-corrected chi connectivity index (χ0v) is 19.8. The molecule has 0 radical (unpaired) electrons. The molecule has 0 aromatic carbocycles. The van der Waals surface area contributed by atoms with Crippen LogP contribution in [0.5, 0.6) is 0 Å². The van der Waals surface area contributed by atoms with Gasteiger partial charge in [0.15, 0.2) is 0 Å². The lowest BCUT2D eigenvalue weighted by Crippen LogP contribution is -2.26. The Morgan fingerprint density at radius 2 is 1.00 bits per heavy atom. The number of unbranched alkanes of at least 4 members (excludes halogenated alkanes) is 15. The lowest BCUT2D eigenvalue weighted by Gasteiger charge is -2.12. The molecule has 0 heterocycles. The van der Waals surface area contributed by atoms with Gasteiger partial charge in [0.05, 0.1) is 0 Å². The molecule has 0 aromatic heterocycles. The number of rotatable bonds is 23. The average Bonchev–Trinajstić information content (AvgIpc) is 2.68. The second-order valence-electron chi connectivity index (χ2n) is 8.92. The largest absolute Gasteiger partial charge is 0.344 e. The number of hydrogen-bond donors (Lipinski definition) is 3. The van der Waals surface area contributed by atoms with Crippen LogP contribution in [0, 0.1) is 0 Å². The molecule has 0 fully saturated rings. The summed E-state index contributed by atoms with van der Waals surface area (Å²) in [5.41, 5.74) is 0. The molecule has 0 unspecified atom stereocenters. The van der Waals surface area contributed by atoms with Crippen LogP contribution >= 0.6 is 0 Å². The number of aliphatic hydroxyl groups is 3. The first-order valence-electron chi connectivity index (χ1n) is 12.8. The molecule has 0 aromatic rings. The van der Waals surface area contributed by atoms with E-state index in [0.29, 0.717) is 19.3 Å². The van der Waals surface area contributed by atoms with Crippen molar-refractivity contribution >= 4 is 5.78 Å². The van der Waals surface area contributed by atoms with Crippen molar-refractivity contribution in [1.29, 1.82) is 0 Å². The minimum atomic E-state index is -2.63. The maximum atomic E-state index is 11.7. The van der Waals surface area contributed by atoms with Crippen LogP contribution in [0.4, 0.5) is 0 Å². The van der Waals surface area contributed by atoms with Gasteiger partial charge in [-0.25, -0.2) is 0 Å². The van der Waals surface area contributed by atoms with Crippen molar-refractivity contribution in [1.82, 2.24) is 0 Å². The van der Waals surface area contributed by atoms with Gasteiger partial charge in [0.1, 0.15) is 5.78 Å². The van der Waals surface area contributed by atoms with Crippen LogP contribution in [0.15, 0.2) is 12.2 Å². The van der Waals surface area contributed by atoms with Gasteiger partial charge in [-0.05, 0) is 38.5 Å². The van der Waals surface area contributed by atoms with Crippen molar-refractivity contribution in [2.75, 3.05) is 0 Å². The SMILES string of the molecule is CCCCCCCCC=CCCCCCCCCCCCC(=O)CCCC(O)(O)O. The average molecular weight is 427 g/mol. The Kier molecular flexibility index (Phi) is 21.0. The Morgan fingerprint density at radius 3 is 1.47 bits per heavy atom. The van der Waals surface area contributed by atoms with Crippen molar-refractivity contribution in [3.63, 3.8) is 0 Å². The lowest BCUT2D eigenvalue weighted by molar-refractivity contribution is -0.314. The van der Waals surface area contributed by atoms with E-state index in [-0.39, 0.29) is 12.2 Å². The topological polar surface area (TPSA) is 77.8 Å². The fourth-order valence-electron chi connectivity index (χ4n) is 3.75. The first-order chi connectivity index (χ1) is 14.5. The molecular weight excluding hydrogens is 376 g/mol. The first-order valence-corrected chi connectivity index (χ1v) is 12.8. The molecule has 0 atom stereocenters. The van der Waals surface area contributed by atoms with E-state index in [1.54, 1.807) is 0 Å². The number of carbonyl (C=O) groups is 1. The van der Waals surface area contributed by atoms with Crippen LogP contribution in [0.3, 0.4) is 0 Å². The highest BCUT2D eigenvalue weighted by molar-refractivity contribution is 5.78. The summed E-state index contributed by atoms with van der Waals surface area (Å²) < 4.78 is 0. The maximum Gasteiger partial charge on any atom is 0.275 e. The summed E-state index contributed by atoms with van der Waals surface area (Å²) in [6.45, 7) is 2.27. The third kappa shape index (κ3) is 25.3. The van der Waals surface area contributed by atoms with Gasteiger partial charge >= 0.3 is 0 Å². The molecule has 30 heavy (non-hydrogen) atoms. The highest BCUT2D eigenvalue weighted by Crippen LogP contribution is 2.14. The van der Waals surface area contributed by atoms with Crippen molar-refractivity contribution in [3.05, 3.63) is 12.2 Å². The van der Waals surface area contributed by atoms with E-state index < -0.39 is 5.97 Å². The zero-order valence-electron chi connectivity index (χ0n) is 19.8. The summed E-state index contributed by atoms with van der Waals surface area (Å²) in [5, 5.41) is 26.3. The smallest absolute Gasteiger partial charge is 0.275 e. The normalized spacial score (nSPS) is 12.1. The standard InChI is InChI=1S/C26H50O4/c1-2-3-4-5-6-7-8-9-10-11-12-13-14-15-16-17-18-19-20-22-25(27)23-21-24-26(28,29)30/h9-10,28-30H,2-8,11-24H2,1H3. The summed E-state index contributed by atoms with van der Waals surface area (Å²) in [6.07, 6.45) is 27.7. The third-order valence-electron chi connectivity index (χ3n) is 5.69. The van der Waals surface area contributed by atoms with Crippen LogP contribution in [-0.4, -0.2) is 27.1 Å². The lowest BCUT2D eigenvalue weighted by atomic mass is 10.0. The monoisotopic (exact) mass is 426 g/mol. The van der Waals surface area contributed by atoms with Gasteiger partial charge < -0.3 is 15.3 Å². The Bertz CT molecular complexity index is 398. The molecule has 0 bridgehead atoms. The zero-order chi connectivity index (χ0) is 22.3. The molecule has 4 heteroatoms. The molecule has 178 valence electrons. The predicted octanol–water partition coefficient (Wildman–Crippen LogP) is 6.95. The molecule has 4 nitrogen and oxygen atoms in total. The maximum absolute atomic E-state index is 11.7. The van der Waals surface area contributed by atoms with Crippen molar-refractivity contribution in [2.45, 2.75) is 148 Å². The Labute approximate surface area is 186 Å². The van der Waals surface area contributed by atoms with E-state index in [4.69, 9.17) is 15.3 Å². The summed E-state index contributed by atoms with van der Waals surface area (Å²) in [7, 11) is 0. The van der Waals surface area contributed by atoms with E-state index in [0.717, 1.165) is 12.8 Å². The van der Waals surface area contributed by atoms with E-state index in [1.165, 1.54) is 96.3 Å².